The first kappa shape index (κ1) is 19.5. The largest absolute Gasteiger partial charge is 0.431 e. The van der Waals surface area contributed by atoms with Gasteiger partial charge in [-0.05, 0) is 58.6 Å². The Labute approximate surface area is 140 Å². The Morgan fingerprint density at radius 3 is 2.04 bits per heavy atom. The van der Waals surface area contributed by atoms with Gasteiger partial charge in [-0.25, -0.2) is 0 Å². The smallest absolute Gasteiger partial charge is 0.307 e. The molecule has 1 atom stereocenters. The summed E-state index contributed by atoms with van der Waals surface area (Å²) in [5.74, 6) is 0.174. The van der Waals surface area contributed by atoms with Crippen molar-refractivity contribution in [3.05, 3.63) is 22.5 Å². The molecule has 1 N–H and O–H groups in total. The third-order valence-corrected chi connectivity index (χ3v) is 4.97. The summed E-state index contributed by atoms with van der Waals surface area (Å²) in [5.41, 5.74) is 2.94. The summed E-state index contributed by atoms with van der Waals surface area (Å²) >= 11 is 0. The molecule has 0 bridgehead atoms. The fraction of sp³-hybridized carbons (Fsp3) is 0.684. The van der Waals surface area contributed by atoms with Crippen molar-refractivity contribution in [1.82, 2.24) is 5.32 Å². The number of hydrogen-bond donors (Lipinski definition) is 1. The molecule has 1 rings (SSSR count). The van der Waals surface area contributed by atoms with E-state index in [4.69, 9.17) is 4.74 Å². The van der Waals surface area contributed by atoms with Crippen LogP contribution in [0.15, 0.2) is 22.5 Å². The van der Waals surface area contributed by atoms with Crippen LogP contribution in [0.25, 0.3) is 0 Å². The number of amides is 1. The third-order valence-electron chi connectivity index (χ3n) is 4.97. The molecule has 4 heteroatoms. The number of esters is 1. The van der Waals surface area contributed by atoms with Crippen LogP contribution in [0.1, 0.15) is 73.6 Å². The van der Waals surface area contributed by atoms with Gasteiger partial charge in [-0.2, -0.15) is 0 Å². The molecule has 0 saturated heterocycles. The van der Waals surface area contributed by atoms with Crippen LogP contribution < -0.4 is 5.32 Å². The molecule has 1 aliphatic rings. The maximum Gasteiger partial charge on any atom is 0.307 e. The first-order valence-electron chi connectivity index (χ1n) is 8.58. The molecule has 0 aliphatic heterocycles. The molecule has 0 aromatic rings. The Bertz CT molecular complexity index is 511. The Morgan fingerprint density at radius 2 is 1.52 bits per heavy atom. The van der Waals surface area contributed by atoms with Crippen molar-refractivity contribution in [2.75, 3.05) is 0 Å². The second-order valence-electron chi connectivity index (χ2n) is 6.65. The van der Waals surface area contributed by atoms with E-state index < -0.39 is 0 Å². The van der Waals surface area contributed by atoms with Crippen LogP contribution in [0.2, 0.25) is 0 Å². The number of carbonyl (C=O) groups is 2. The average Bonchev–Trinajstić information content (AvgIpc) is 2.52. The lowest BCUT2D eigenvalue weighted by atomic mass is 9.91. The molecule has 1 amide bonds. The van der Waals surface area contributed by atoms with E-state index in [-0.39, 0.29) is 17.8 Å². The molecule has 0 heterocycles. The number of rotatable bonds is 5. The van der Waals surface area contributed by atoms with Crippen LogP contribution in [0.4, 0.5) is 0 Å². The van der Waals surface area contributed by atoms with E-state index in [1.165, 1.54) is 26.2 Å². The van der Waals surface area contributed by atoms with Crippen LogP contribution >= 0.6 is 0 Å². The van der Waals surface area contributed by atoms with Crippen molar-refractivity contribution in [2.45, 2.75) is 79.7 Å². The van der Waals surface area contributed by atoms with Crippen molar-refractivity contribution in [2.24, 2.45) is 5.92 Å². The summed E-state index contributed by atoms with van der Waals surface area (Å²) in [6.07, 6.45) is 5.86. The van der Waals surface area contributed by atoms with Gasteiger partial charge in [0, 0.05) is 13.0 Å². The van der Waals surface area contributed by atoms with Crippen molar-refractivity contribution in [3.8, 4) is 0 Å². The number of nitrogens with one attached hydrogen (secondary N) is 1. The van der Waals surface area contributed by atoms with E-state index in [1.54, 1.807) is 6.92 Å². The summed E-state index contributed by atoms with van der Waals surface area (Å²) in [5, 5.41) is 3.18. The van der Waals surface area contributed by atoms with Gasteiger partial charge in [0.15, 0.2) is 0 Å². The van der Waals surface area contributed by atoms with Gasteiger partial charge in [0.05, 0.1) is 5.92 Å². The predicted octanol–water partition coefficient (Wildman–Crippen LogP) is 4.26. The molecule has 0 aromatic carbocycles. The maximum atomic E-state index is 12.5. The van der Waals surface area contributed by atoms with Crippen molar-refractivity contribution < 1.29 is 14.3 Å². The minimum Gasteiger partial charge on any atom is -0.431 e. The SMILES string of the molecule is CC(=O)O/C(C)=C(C)/C(C)=C(/C)C(C)C(=O)NC1CCCCC1. The van der Waals surface area contributed by atoms with Crippen LogP contribution in [0.3, 0.4) is 0 Å². The quantitative estimate of drug-likeness (QED) is 0.467. The molecule has 0 radical (unpaired) electrons. The van der Waals surface area contributed by atoms with E-state index in [0.717, 1.165) is 29.6 Å². The number of carbonyl (C=O) groups excluding carboxylic acids is 2. The number of hydrogen-bond acceptors (Lipinski definition) is 3. The topological polar surface area (TPSA) is 55.4 Å². The lowest BCUT2D eigenvalue weighted by Gasteiger charge is -2.25. The molecule has 1 saturated carbocycles. The predicted molar refractivity (Wildman–Crippen MR) is 92.7 cm³/mol. The molecule has 23 heavy (non-hydrogen) atoms. The minimum absolute atomic E-state index is 0.0895. The Kier molecular flexibility index (Phi) is 7.53. The van der Waals surface area contributed by atoms with Crippen molar-refractivity contribution >= 4 is 11.9 Å². The van der Waals surface area contributed by atoms with E-state index in [2.05, 4.69) is 5.32 Å². The van der Waals surface area contributed by atoms with Crippen molar-refractivity contribution in [3.63, 3.8) is 0 Å². The molecule has 1 aliphatic carbocycles. The number of ether oxygens (including phenoxy) is 1. The molecule has 1 unspecified atom stereocenters. The van der Waals surface area contributed by atoms with Crippen molar-refractivity contribution in [1.29, 1.82) is 0 Å². The summed E-state index contributed by atoms with van der Waals surface area (Å²) in [4.78, 5) is 23.6. The zero-order valence-corrected chi connectivity index (χ0v) is 15.4. The highest BCUT2D eigenvalue weighted by Gasteiger charge is 2.22. The normalized spacial score (nSPS) is 19.4. The molecule has 4 nitrogen and oxygen atoms in total. The van der Waals surface area contributed by atoms with Gasteiger partial charge >= 0.3 is 5.97 Å². The molecule has 0 aromatic heterocycles. The average molecular weight is 321 g/mol. The lowest BCUT2D eigenvalue weighted by molar-refractivity contribution is -0.136. The standard InChI is InChI=1S/C19H31NO3/c1-12(14(3)16(5)23-17(6)21)13(2)15(4)19(22)20-18-10-8-7-9-11-18/h15,18H,7-11H2,1-6H3,(H,20,22)/b13-12-,16-14+. The maximum absolute atomic E-state index is 12.5. The Balaban J connectivity index is 2.80. The fourth-order valence-electron chi connectivity index (χ4n) is 2.95. The van der Waals surface area contributed by atoms with Gasteiger partial charge in [0.25, 0.3) is 0 Å². The van der Waals surface area contributed by atoms with Gasteiger partial charge in [-0.1, -0.05) is 24.8 Å². The monoisotopic (exact) mass is 321 g/mol. The Morgan fingerprint density at radius 1 is 0.957 bits per heavy atom. The van der Waals surface area contributed by atoms with Gasteiger partial charge in [0.2, 0.25) is 5.91 Å². The van der Waals surface area contributed by atoms with E-state index in [0.29, 0.717) is 11.8 Å². The molecular formula is C19H31NO3. The minimum atomic E-state index is -0.324. The van der Waals surface area contributed by atoms with E-state index in [1.807, 2.05) is 27.7 Å². The van der Waals surface area contributed by atoms with Crippen LogP contribution in [-0.4, -0.2) is 17.9 Å². The summed E-state index contributed by atoms with van der Waals surface area (Å²) < 4.78 is 5.15. The van der Waals surface area contributed by atoms with Gasteiger partial charge in [-0.15, -0.1) is 0 Å². The third kappa shape index (κ3) is 5.85. The molecule has 0 spiro atoms. The summed E-state index contributed by atoms with van der Waals surface area (Å²) in [6, 6.07) is 0.325. The van der Waals surface area contributed by atoms with Crippen LogP contribution in [0.5, 0.6) is 0 Å². The fourth-order valence-corrected chi connectivity index (χ4v) is 2.95. The highest BCUT2D eigenvalue weighted by atomic mass is 16.5. The second kappa shape index (κ2) is 8.90. The Hall–Kier alpha value is -1.58. The van der Waals surface area contributed by atoms with Crippen LogP contribution in [-0.2, 0) is 14.3 Å². The zero-order chi connectivity index (χ0) is 17.6. The van der Waals surface area contributed by atoms with Gasteiger partial charge < -0.3 is 10.1 Å². The first-order valence-corrected chi connectivity index (χ1v) is 8.58. The van der Waals surface area contributed by atoms with Crippen LogP contribution in [0, 0.1) is 5.92 Å². The number of allylic oxidation sites excluding steroid dienone is 3. The molecule has 1 fully saturated rings. The second-order valence-corrected chi connectivity index (χ2v) is 6.65. The highest BCUT2D eigenvalue weighted by Crippen LogP contribution is 2.24. The first-order chi connectivity index (χ1) is 10.7. The molecular weight excluding hydrogens is 290 g/mol. The molecule has 130 valence electrons. The summed E-state index contributed by atoms with van der Waals surface area (Å²) in [6.45, 7) is 11.0. The van der Waals surface area contributed by atoms with Gasteiger partial charge in [0.1, 0.15) is 5.76 Å². The van der Waals surface area contributed by atoms with Gasteiger partial charge in [-0.3, -0.25) is 9.59 Å². The highest BCUT2D eigenvalue weighted by molar-refractivity contribution is 5.81. The zero-order valence-electron chi connectivity index (χ0n) is 15.4. The summed E-state index contributed by atoms with van der Waals surface area (Å²) in [7, 11) is 0. The van der Waals surface area contributed by atoms with E-state index >= 15 is 0 Å². The lowest BCUT2D eigenvalue weighted by Crippen LogP contribution is -2.39. The van der Waals surface area contributed by atoms with E-state index in [9.17, 15) is 9.59 Å².